The highest BCUT2D eigenvalue weighted by molar-refractivity contribution is 6.22. The predicted molar refractivity (Wildman–Crippen MR) is 82.8 cm³/mol. The first kappa shape index (κ1) is 15.9. The zero-order chi connectivity index (χ0) is 17.6. The lowest BCUT2D eigenvalue weighted by atomic mass is 9.82. The molecule has 1 fully saturated rings. The Bertz CT molecular complexity index is 777. The number of imide groups is 1. The van der Waals surface area contributed by atoms with Crippen molar-refractivity contribution in [2.45, 2.75) is 19.8 Å². The first-order chi connectivity index (χ1) is 11.3. The molecule has 1 aromatic rings. The standard InChI is InChI=1S/C17H15NO6/c1-8-2-3-12-13(4-8)15(20)18(14(12)19)11-6-9(16(21)22)5-10(7-11)17(23)24/h2,5-7,12-13H,3-4H2,1H3,(H,21,22)(H,23,24). The average Bonchev–Trinajstić information content (AvgIpc) is 2.77. The molecule has 1 saturated heterocycles. The van der Waals surface area contributed by atoms with Crippen molar-refractivity contribution in [3.05, 3.63) is 41.0 Å². The molecule has 1 aliphatic heterocycles. The Morgan fingerprint density at radius 1 is 1.00 bits per heavy atom. The van der Waals surface area contributed by atoms with Gasteiger partial charge in [-0.2, -0.15) is 0 Å². The molecule has 0 bridgehead atoms. The van der Waals surface area contributed by atoms with Gasteiger partial charge in [-0.1, -0.05) is 11.6 Å². The molecule has 7 heteroatoms. The maximum atomic E-state index is 12.6. The Morgan fingerprint density at radius 3 is 2.08 bits per heavy atom. The number of fused-ring (bicyclic) bond motifs is 1. The molecule has 24 heavy (non-hydrogen) atoms. The molecule has 0 aromatic heterocycles. The van der Waals surface area contributed by atoms with Crippen molar-refractivity contribution in [1.29, 1.82) is 0 Å². The van der Waals surface area contributed by atoms with E-state index in [0.717, 1.165) is 28.7 Å². The second-order valence-electron chi connectivity index (χ2n) is 6.09. The number of anilines is 1. The van der Waals surface area contributed by atoms with E-state index in [4.69, 9.17) is 10.2 Å². The quantitative estimate of drug-likeness (QED) is 0.647. The zero-order valence-corrected chi connectivity index (χ0v) is 12.9. The molecule has 1 aromatic carbocycles. The van der Waals surface area contributed by atoms with E-state index in [1.807, 2.05) is 13.0 Å². The first-order valence-corrected chi connectivity index (χ1v) is 7.44. The van der Waals surface area contributed by atoms with Gasteiger partial charge in [0.15, 0.2) is 0 Å². The summed E-state index contributed by atoms with van der Waals surface area (Å²) in [7, 11) is 0. The number of allylic oxidation sites excluding steroid dienone is 2. The third kappa shape index (κ3) is 2.47. The molecule has 3 rings (SSSR count). The summed E-state index contributed by atoms with van der Waals surface area (Å²) >= 11 is 0. The number of hydrogen-bond acceptors (Lipinski definition) is 4. The molecular formula is C17H15NO6. The molecule has 2 unspecified atom stereocenters. The highest BCUT2D eigenvalue weighted by Gasteiger charge is 2.48. The Kier molecular flexibility index (Phi) is 3.71. The predicted octanol–water partition coefficient (Wildman–Crippen LogP) is 1.93. The summed E-state index contributed by atoms with van der Waals surface area (Å²) in [6, 6.07) is 3.31. The van der Waals surface area contributed by atoms with Gasteiger partial charge in [-0.15, -0.1) is 0 Å². The van der Waals surface area contributed by atoms with Gasteiger partial charge in [0.1, 0.15) is 0 Å². The smallest absolute Gasteiger partial charge is 0.335 e. The van der Waals surface area contributed by atoms with Gasteiger partial charge in [-0.05, 0) is 38.0 Å². The number of benzene rings is 1. The molecule has 2 atom stereocenters. The minimum absolute atomic E-state index is 0.00523. The normalized spacial score (nSPS) is 23.0. The maximum absolute atomic E-state index is 12.6. The lowest BCUT2D eigenvalue weighted by molar-refractivity contribution is -0.122. The second-order valence-corrected chi connectivity index (χ2v) is 6.09. The Balaban J connectivity index is 2.06. The molecule has 0 saturated carbocycles. The van der Waals surface area contributed by atoms with Crippen LogP contribution in [0.2, 0.25) is 0 Å². The summed E-state index contributed by atoms with van der Waals surface area (Å²) in [6.07, 6.45) is 2.87. The lowest BCUT2D eigenvalue weighted by Crippen LogP contribution is -2.31. The van der Waals surface area contributed by atoms with Crippen LogP contribution in [0.25, 0.3) is 0 Å². The van der Waals surface area contributed by atoms with Gasteiger partial charge in [0.05, 0.1) is 28.7 Å². The summed E-state index contributed by atoms with van der Waals surface area (Å²) in [4.78, 5) is 48.6. The van der Waals surface area contributed by atoms with E-state index in [-0.39, 0.29) is 16.8 Å². The summed E-state index contributed by atoms with van der Waals surface area (Å²) < 4.78 is 0. The third-order valence-electron chi connectivity index (χ3n) is 4.49. The van der Waals surface area contributed by atoms with Crippen LogP contribution in [0.3, 0.4) is 0 Å². The van der Waals surface area contributed by atoms with E-state index in [9.17, 15) is 19.2 Å². The molecule has 2 N–H and O–H groups in total. The number of rotatable bonds is 3. The number of carbonyl (C=O) groups is 4. The lowest BCUT2D eigenvalue weighted by Gasteiger charge is -2.18. The summed E-state index contributed by atoms with van der Waals surface area (Å²) in [5, 5.41) is 18.3. The van der Waals surface area contributed by atoms with E-state index in [0.29, 0.717) is 12.8 Å². The molecule has 124 valence electrons. The number of aromatic carboxylic acids is 2. The first-order valence-electron chi connectivity index (χ1n) is 7.44. The fourth-order valence-corrected chi connectivity index (χ4v) is 3.28. The minimum Gasteiger partial charge on any atom is -0.478 e. The summed E-state index contributed by atoms with van der Waals surface area (Å²) in [6.45, 7) is 1.89. The van der Waals surface area contributed by atoms with Crippen LogP contribution in [0.15, 0.2) is 29.8 Å². The molecule has 1 heterocycles. The Morgan fingerprint density at radius 2 is 1.54 bits per heavy atom. The van der Waals surface area contributed by atoms with Crippen LogP contribution in [0.5, 0.6) is 0 Å². The SMILES string of the molecule is CC1=CCC2C(=O)N(c3cc(C(=O)O)cc(C(=O)O)c3)C(=O)C2C1. The molecule has 2 amide bonds. The maximum Gasteiger partial charge on any atom is 0.335 e. The van der Waals surface area contributed by atoms with E-state index in [2.05, 4.69) is 0 Å². The van der Waals surface area contributed by atoms with Gasteiger partial charge in [-0.25, -0.2) is 14.5 Å². The van der Waals surface area contributed by atoms with Gasteiger partial charge in [0.25, 0.3) is 0 Å². The summed E-state index contributed by atoms with van der Waals surface area (Å²) in [5.41, 5.74) is 0.462. The van der Waals surface area contributed by atoms with Crippen LogP contribution in [0.4, 0.5) is 5.69 Å². The van der Waals surface area contributed by atoms with Crippen LogP contribution < -0.4 is 4.90 Å². The van der Waals surface area contributed by atoms with E-state index in [1.165, 1.54) is 0 Å². The molecule has 0 spiro atoms. The van der Waals surface area contributed by atoms with Gasteiger partial charge in [0.2, 0.25) is 11.8 Å². The Labute approximate surface area is 137 Å². The van der Waals surface area contributed by atoms with Gasteiger partial charge >= 0.3 is 11.9 Å². The highest BCUT2D eigenvalue weighted by atomic mass is 16.4. The average molecular weight is 329 g/mol. The van der Waals surface area contributed by atoms with E-state index < -0.39 is 35.6 Å². The fraction of sp³-hybridized carbons (Fsp3) is 0.294. The van der Waals surface area contributed by atoms with Crippen molar-refractivity contribution in [2.75, 3.05) is 4.90 Å². The highest BCUT2D eigenvalue weighted by Crippen LogP contribution is 2.40. The topological polar surface area (TPSA) is 112 Å². The number of hydrogen-bond donors (Lipinski definition) is 2. The van der Waals surface area contributed by atoms with Crippen molar-refractivity contribution in [3.63, 3.8) is 0 Å². The monoisotopic (exact) mass is 329 g/mol. The van der Waals surface area contributed by atoms with Gasteiger partial charge in [-0.3, -0.25) is 9.59 Å². The second kappa shape index (κ2) is 5.59. The number of carboxylic acids is 2. The third-order valence-corrected chi connectivity index (χ3v) is 4.49. The van der Waals surface area contributed by atoms with Gasteiger partial charge in [0, 0.05) is 0 Å². The molecule has 0 radical (unpaired) electrons. The van der Waals surface area contributed by atoms with Crippen molar-refractivity contribution >= 4 is 29.4 Å². The van der Waals surface area contributed by atoms with Crippen molar-refractivity contribution in [2.24, 2.45) is 11.8 Å². The van der Waals surface area contributed by atoms with Crippen molar-refractivity contribution in [3.8, 4) is 0 Å². The largest absolute Gasteiger partial charge is 0.478 e. The number of carboxylic acid groups (broad SMARTS) is 2. The van der Waals surface area contributed by atoms with E-state index >= 15 is 0 Å². The van der Waals surface area contributed by atoms with Crippen LogP contribution in [-0.4, -0.2) is 34.0 Å². The molecule has 1 aliphatic carbocycles. The molecular weight excluding hydrogens is 314 g/mol. The summed E-state index contributed by atoms with van der Waals surface area (Å²) in [5.74, 6) is -4.40. The van der Waals surface area contributed by atoms with Crippen LogP contribution in [0.1, 0.15) is 40.5 Å². The van der Waals surface area contributed by atoms with Gasteiger partial charge < -0.3 is 10.2 Å². The van der Waals surface area contributed by atoms with Crippen LogP contribution in [-0.2, 0) is 9.59 Å². The Hall–Kier alpha value is -2.96. The van der Waals surface area contributed by atoms with Crippen molar-refractivity contribution in [1.82, 2.24) is 0 Å². The zero-order valence-electron chi connectivity index (χ0n) is 12.9. The van der Waals surface area contributed by atoms with Crippen LogP contribution in [0, 0.1) is 11.8 Å². The van der Waals surface area contributed by atoms with Crippen molar-refractivity contribution < 1.29 is 29.4 Å². The van der Waals surface area contributed by atoms with E-state index in [1.54, 1.807) is 0 Å². The number of carbonyl (C=O) groups excluding carboxylic acids is 2. The fourth-order valence-electron chi connectivity index (χ4n) is 3.28. The molecule has 2 aliphatic rings. The minimum atomic E-state index is -1.33. The van der Waals surface area contributed by atoms with Crippen LogP contribution >= 0.6 is 0 Å². The number of nitrogens with zero attached hydrogens (tertiary/aromatic N) is 1. The number of amides is 2. The molecule has 7 nitrogen and oxygen atoms in total.